The van der Waals surface area contributed by atoms with E-state index in [0.29, 0.717) is 23.5 Å². The molecule has 5 heteroatoms. The van der Waals surface area contributed by atoms with Crippen LogP contribution in [0.3, 0.4) is 0 Å². The molecule has 0 aliphatic carbocycles. The summed E-state index contributed by atoms with van der Waals surface area (Å²) in [6.45, 7) is 4.59. The highest BCUT2D eigenvalue weighted by molar-refractivity contribution is 9.10. The first-order valence-electron chi connectivity index (χ1n) is 8.31. The van der Waals surface area contributed by atoms with Gasteiger partial charge in [0.15, 0.2) is 0 Å². The monoisotopic (exact) mass is 401 g/mol. The van der Waals surface area contributed by atoms with Crippen LogP contribution in [0.2, 0.25) is 0 Å². The van der Waals surface area contributed by atoms with Gasteiger partial charge in [0.1, 0.15) is 17.1 Å². The zero-order valence-electron chi connectivity index (χ0n) is 14.3. The molecule has 2 aromatic carbocycles. The molecule has 0 aliphatic heterocycles. The largest absolute Gasteiger partial charge is 0.494 e. The smallest absolute Gasteiger partial charge is 0.259 e. The van der Waals surface area contributed by atoms with Crippen molar-refractivity contribution in [2.75, 3.05) is 11.9 Å². The minimum Gasteiger partial charge on any atom is -0.494 e. The lowest BCUT2D eigenvalue weighted by atomic mass is 10.1. The number of furan rings is 1. The normalized spacial score (nSPS) is 10.8. The van der Waals surface area contributed by atoms with Gasteiger partial charge < -0.3 is 14.5 Å². The summed E-state index contributed by atoms with van der Waals surface area (Å²) in [6, 6.07) is 13.1. The Morgan fingerprint density at radius 2 is 2.08 bits per heavy atom. The second-order valence-electron chi connectivity index (χ2n) is 5.86. The minimum absolute atomic E-state index is 0.194. The molecule has 0 saturated heterocycles. The van der Waals surface area contributed by atoms with Crippen molar-refractivity contribution in [3.05, 3.63) is 58.3 Å². The van der Waals surface area contributed by atoms with Gasteiger partial charge in [-0.3, -0.25) is 4.79 Å². The van der Waals surface area contributed by atoms with Crippen molar-refractivity contribution in [2.24, 2.45) is 0 Å². The quantitative estimate of drug-likeness (QED) is 0.520. The number of aryl methyl sites for hydroxylation is 1. The SMILES string of the molecule is CCCCOc1ccc2oc(C)c(C(=O)Nc3cccc(Br)c3)c2c1. The number of halogens is 1. The summed E-state index contributed by atoms with van der Waals surface area (Å²) in [6.07, 6.45) is 2.08. The summed E-state index contributed by atoms with van der Waals surface area (Å²) >= 11 is 3.41. The zero-order valence-corrected chi connectivity index (χ0v) is 15.9. The first kappa shape index (κ1) is 17.5. The van der Waals surface area contributed by atoms with Crippen LogP contribution >= 0.6 is 15.9 Å². The number of benzene rings is 2. The van der Waals surface area contributed by atoms with E-state index in [2.05, 4.69) is 28.2 Å². The van der Waals surface area contributed by atoms with Gasteiger partial charge in [0.25, 0.3) is 5.91 Å². The average Bonchev–Trinajstić information content (AvgIpc) is 2.90. The second kappa shape index (κ2) is 7.74. The molecule has 0 aliphatic rings. The minimum atomic E-state index is -0.194. The number of ether oxygens (including phenoxy) is 1. The molecule has 0 atom stereocenters. The number of fused-ring (bicyclic) bond motifs is 1. The van der Waals surface area contributed by atoms with E-state index in [1.54, 1.807) is 6.92 Å². The fraction of sp³-hybridized carbons (Fsp3) is 0.250. The van der Waals surface area contributed by atoms with E-state index in [1.807, 2.05) is 42.5 Å². The van der Waals surface area contributed by atoms with Crippen LogP contribution in [0.4, 0.5) is 5.69 Å². The number of amides is 1. The van der Waals surface area contributed by atoms with Crippen molar-refractivity contribution in [1.82, 2.24) is 0 Å². The maximum atomic E-state index is 12.8. The van der Waals surface area contributed by atoms with Crippen molar-refractivity contribution in [1.29, 1.82) is 0 Å². The highest BCUT2D eigenvalue weighted by Gasteiger charge is 2.19. The Morgan fingerprint density at radius 1 is 1.24 bits per heavy atom. The number of hydrogen-bond acceptors (Lipinski definition) is 3. The van der Waals surface area contributed by atoms with Crippen LogP contribution in [0.25, 0.3) is 11.0 Å². The predicted molar refractivity (Wildman–Crippen MR) is 103 cm³/mol. The molecule has 0 saturated carbocycles. The Morgan fingerprint density at radius 3 is 2.84 bits per heavy atom. The molecule has 0 radical (unpaired) electrons. The third kappa shape index (κ3) is 4.04. The number of hydrogen-bond donors (Lipinski definition) is 1. The van der Waals surface area contributed by atoms with E-state index in [9.17, 15) is 4.79 Å². The highest BCUT2D eigenvalue weighted by Crippen LogP contribution is 2.30. The predicted octanol–water partition coefficient (Wildman–Crippen LogP) is 5.93. The molecule has 4 nitrogen and oxygen atoms in total. The van der Waals surface area contributed by atoms with Gasteiger partial charge in [0.2, 0.25) is 0 Å². The zero-order chi connectivity index (χ0) is 17.8. The molecule has 1 amide bonds. The second-order valence-corrected chi connectivity index (χ2v) is 6.77. The van der Waals surface area contributed by atoms with Crippen molar-refractivity contribution < 1.29 is 13.9 Å². The van der Waals surface area contributed by atoms with E-state index in [4.69, 9.17) is 9.15 Å². The molecular weight excluding hydrogens is 382 g/mol. The van der Waals surface area contributed by atoms with Crippen LogP contribution in [-0.4, -0.2) is 12.5 Å². The molecule has 0 unspecified atom stereocenters. The number of carbonyl (C=O) groups excluding carboxylic acids is 1. The van der Waals surface area contributed by atoms with Crippen LogP contribution in [0.15, 0.2) is 51.4 Å². The molecule has 130 valence electrons. The van der Waals surface area contributed by atoms with Crippen LogP contribution in [0.1, 0.15) is 35.9 Å². The molecule has 25 heavy (non-hydrogen) atoms. The van der Waals surface area contributed by atoms with E-state index < -0.39 is 0 Å². The summed E-state index contributed by atoms with van der Waals surface area (Å²) in [4.78, 5) is 12.8. The van der Waals surface area contributed by atoms with Gasteiger partial charge in [-0.15, -0.1) is 0 Å². The van der Waals surface area contributed by atoms with Crippen LogP contribution in [0, 0.1) is 6.92 Å². The standard InChI is InChI=1S/C20H20BrNO3/c1-3-4-10-24-16-8-9-18-17(12-16)19(13(2)25-18)20(23)22-15-7-5-6-14(21)11-15/h5-9,11-12H,3-4,10H2,1-2H3,(H,22,23). The summed E-state index contributed by atoms with van der Waals surface area (Å²) in [5.41, 5.74) is 1.94. The molecule has 1 N–H and O–H groups in total. The Bertz CT molecular complexity index is 901. The molecule has 0 spiro atoms. The number of unbranched alkanes of at least 4 members (excludes halogenated alkanes) is 1. The van der Waals surface area contributed by atoms with E-state index in [-0.39, 0.29) is 5.91 Å². The first-order valence-corrected chi connectivity index (χ1v) is 9.10. The lowest BCUT2D eigenvalue weighted by Crippen LogP contribution is -2.12. The van der Waals surface area contributed by atoms with Gasteiger partial charge in [-0.2, -0.15) is 0 Å². The third-order valence-electron chi connectivity index (χ3n) is 3.91. The number of carbonyl (C=O) groups is 1. The highest BCUT2D eigenvalue weighted by atomic mass is 79.9. The lowest BCUT2D eigenvalue weighted by molar-refractivity contribution is 0.102. The van der Waals surface area contributed by atoms with Crippen LogP contribution < -0.4 is 10.1 Å². The maximum absolute atomic E-state index is 12.8. The van der Waals surface area contributed by atoms with E-state index >= 15 is 0 Å². The summed E-state index contributed by atoms with van der Waals surface area (Å²) in [7, 11) is 0. The molecule has 0 fully saturated rings. The fourth-order valence-electron chi connectivity index (χ4n) is 2.67. The molecule has 0 bridgehead atoms. The molecular formula is C20H20BrNO3. The molecule has 3 rings (SSSR count). The van der Waals surface area contributed by atoms with E-state index in [1.165, 1.54) is 0 Å². The van der Waals surface area contributed by atoms with Crippen LogP contribution in [0.5, 0.6) is 5.75 Å². The number of anilines is 1. The molecule has 3 aromatic rings. The van der Waals surface area contributed by atoms with Gasteiger partial charge in [-0.05, 0) is 49.7 Å². The Hall–Kier alpha value is -2.27. The van der Waals surface area contributed by atoms with Gasteiger partial charge >= 0.3 is 0 Å². The molecule has 1 heterocycles. The molecule has 1 aromatic heterocycles. The van der Waals surface area contributed by atoms with Crippen molar-refractivity contribution in [3.8, 4) is 5.75 Å². The lowest BCUT2D eigenvalue weighted by Gasteiger charge is -2.07. The summed E-state index contributed by atoms with van der Waals surface area (Å²) < 4.78 is 12.4. The third-order valence-corrected chi connectivity index (χ3v) is 4.40. The van der Waals surface area contributed by atoms with Crippen molar-refractivity contribution in [2.45, 2.75) is 26.7 Å². The number of rotatable bonds is 6. The Kier molecular flexibility index (Phi) is 5.43. The van der Waals surface area contributed by atoms with E-state index in [0.717, 1.165) is 34.1 Å². The van der Waals surface area contributed by atoms with Gasteiger partial charge in [0.05, 0.1) is 12.2 Å². The van der Waals surface area contributed by atoms with Gasteiger partial charge in [-0.1, -0.05) is 35.3 Å². The topological polar surface area (TPSA) is 51.5 Å². The first-order chi connectivity index (χ1) is 12.1. The average molecular weight is 402 g/mol. The van der Waals surface area contributed by atoms with Crippen molar-refractivity contribution >= 4 is 38.5 Å². The maximum Gasteiger partial charge on any atom is 0.259 e. The van der Waals surface area contributed by atoms with Crippen LogP contribution in [-0.2, 0) is 0 Å². The summed E-state index contributed by atoms with van der Waals surface area (Å²) in [5, 5.41) is 3.68. The van der Waals surface area contributed by atoms with Crippen molar-refractivity contribution in [3.63, 3.8) is 0 Å². The van der Waals surface area contributed by atoms with Gasteiger partial charge in [0, 0.05) is 15.5 Å². The summed E-state index contributed by atoms with van der Waals surface area (Å²) in [5.74, 6) is 1.14. The Balaban J connectivity index is 1.89. The van der Waals surface area contributed by atoms with Gasteiger partial charge in [-0.25, -0.2) is 0 Å². The fourth-order valence-corrected chi connectivity index (χ4v) is 3.06. The Labute approximate surface area is 155 Å². The number of nitrogens with one attached hydrogen (secondary N) is 1.